The van der Waals surface area contributed by atoms with Crippen LogP contribution in [0.15, 0.2) is 55.1 Å². The lowest BCUT2D eigenvalue weighted by atomic mass is 10.0. The minimum absolute atomic E-state index is 0.543. The van der Waals surface area contributed by atoms with Crippen LogP contribution in [0.1, 0.15) is 5.56 Å². The topological polar surface area (TPSA) is 79.4 Å². The van der Waals surface area contributed by atoms with Gasteiger partial charge in [0.15, 0.2) is 6.10 Å². The molecular formula is C15H17N3O3. The van der Waals surface area contributed by atoms with Crippen LogP contribution >= 0.6 is 0 Å². The Morgan fingerprint density at radius 2 is 2.19 bits per heavy atom. The summed E-state index contributed by atoms with van der Waals surface area (Å²) in [5, 5.41) is 0. The van der Waals surface area contributed by atoms with Gasteiger partial charge in [0.25, 0.3) is 0 Å². The van der Waals surface area contributed by atoms with Gasteiger partial charge in [-0.2, -0.15) is 0 Å². The summed E-state index contributed by atoms with van der Waals surface area (Å²) >= 11 is 0. The van der Waals surface area contributed by atoms with Crippen molar-refractivity contribution in [2.45, 2.75) is 12.6 Å². The van der Waals surface area contributed by atoms with Crippen LogP contribution in [0.3, 0.4) is 0 Å². The summed E-state index contributed by atoms with van der Waals surface area (Å²) in [4.78, 5) is 20.3. The first-order chi connectivity index (χ1) is 10.2. The van der Waals surface area contributed by atoms with Crippen molar-refractivity contribution < 1.29 is 14.4 Å². The fourth-order valence-corrected chi connectivity index (χ4v) is 1.93. The smallest absolute Gasteiger partial charge is 0.341 e. The largest absolute Gasteiger partial charge is 0.467 e. The Labute approximate surface area is 122 Å². The van der Waals surface area contributed by atoms with Gasteiger partial charge in [0.1, 0.15) is 0 Å². The van der Waals surface area contributed by atoms with Crippen molar-refractivity contribution in [3.8, 4) is 0 Å². The Morgan fingerprint density at radius 1 is 1.43 bits per heavy atom. The predicted octanol–water partition coefficient (Wildman–Crippen LogP) is 1.40. The third-order valence-electron chi connectivity index (χ3n) is 2.99. The van der Waals surface area contributed by atoms with Crippen LogP contribution in [-0.2, 0) is 20.9 Å². The van der Waals surface area contributed by atoms with E-state index in [9.17, 15) is 4.79 Å². The molecule has 0 amide bonds. The highest BCUT2D eigenvalue weighted by Crippen LogP contribution is 2.18. The van der Waals surface area contributed by atoms with Gasteiger partial charge in [-0.05, 0) is 17.2 Å². The molecule has 110 valence electrons. The lowest BCUT2D eigenvalue weighted by Gasteiger charge is -2.13. The minimum atomic E-state index is -0.950. The van der Waals surface area contributed by atoms with Gasteiger partial charge in [0, 0.05) is 18.9 Å². The second-order valence-corrected chi connectivity index (χ2v) is 4.37. The van der Waals surface area contributed by atoms with Crippen LogP contribution in [0.5, 0.6) is 0 Å². The summed E-state index contributed by atoms with van der Waals surface area (Å²) < 4.78 is 6.56. The Morgan fingerprint density at radius 3 is 2.76 bits per heavy atom. The Bertz CT molecular complexity index is 594. The van der Waals surface area contributed by atoms with Crippen molar-refractivity contribution in [1.29, 1.82) is 0 Å². The van der Waals surface area contributed by atoms with Crippen LogP contribution in [0.2, 0.25) is 0 Å². The Balaban J connectivity index is 2.33. The molecule has 6 nitrogen and oxygen atoms in total. The first kappa shape index (κ1) is 15.0. The maximum atomic E-state index is 11.6. The zero-order valence-electron chi connectivity index (χ0n) is 11.7. The van der Waals surface area contributed by atoms with Gasteiger partial charge in [-0.15, -0.1) is 0 Å². The van der Waals surface area contributed by atoms with E-state index in [2.05, 4.69) is 9.72 Å². The molecule has 0 saturated carbocycles. The number of aromatic nitrogens is 2. The highest BCUT2D eigenvalue weighted by molar-refractivity contribution is 5.80. The number of methoxy groups -OCH3 is 1. The number of ether oxygens (including phenoxy) is 1. The van der Waals surface area contributed by atoms with Crippen LogP contribution in [-0.4, -0.2) is 28.7 Å². The van der Waals surface area contributed by atoms with Crippen molar-refractivity contribution >= 4 is 11.5 Å². The summed E-state index contributed by atoms with van der Waals surface area (Å²) in [6.45, 7) is 0.543. The molecule has 21 heavy (non-hydrogen) atoms. The summed E-state index contributed by atoms with van der Waals surface area (Å²) in [7, 11) is 1.29. The van der Waals surface area contributed by atoms with Gasteiger partial charge in [-0.3, -0.25) is 4.84 Å². The third kappa shape index (κ3) is 4.01. The Hall–Kier alpha value is -2.44. The zero-order valence-corrected chi connectivity index (χ0v) is 11.7. The fraction of sp³-hybridized carbons (Fsp3) is 0.200. The average molecular weight is 287 g/mol. The summed E-state index contributed by atoms with van der Waals surface area (Å²) in [6.07, 6.45) is 5.94. The SMILES string of the molecule is COC(=O)C(C=C(Cn1ccnc1)c1ccccc1)ON. The Kier molecular flexibility index (Phi) is 5.25. The number of benzene rings is 1. The highest BCUT2D eigenvalue weighted by Gasteiger charge is 2.18. The molecule has 2 N–H and O–H groups in total. The van der Waals surface area contributed by atoms with Crippen molar-refractivity contribution in [3.63, 3.8) is 0 Å². The normalized spacial score (nSPS) is 13.0. The van der Waals surface area contributed by atoms with Crippen LogP contribution < -0.4 is 5.90 Å². The van der Waals surface area contributed by atoms with E-state index < -0.39 is 12.1 Å². The van der Waals surface area contributed by atoms with Crippen LogP contribution in [0.25, 0.3) is 5.57 Å². The molecule has 0 bridgehead atoms. The maximum absolute atomic E-state index is 11.6. The van der Waals surface area contributed by atoms with Gasteiger partial charge >= 0.3 is 5.97 Å². The van der Waals surface area contributed by atoms with E-state index in [4.69, 9.17) is 10.7 Å². The number of hydrogen-bond acceptors (Lipinski definition) is 5. The number of nitrogens with two attached hydrogens (primary N) is 1. The number of nitrogens with zero attached hydrogens (tertiary/aromatic N) is 2. The quantitative estimate of drug-likeness (QED) is 0.641. The summed E-state index contributed by atoms with van der Waals surface area (Å²) in [6, 6.07) is 9.68. The second-order valence-electron chi connectivity index (χ2n) is 4.37. The average Bonchev–Trinajstić information content (AvgIpc) is 3.04. The van der Waals surface area contributed by atoms with E-state index in [0.29, 0.717) is 6.54 Å². The second kappa shape index (κ2) is 7.37. The molecular weight excluding hydrogens is 270 g/mol. The maximum Gasteiger partial charge on any atom is 0.341 e. The van der Waals surface area contributed by atoms with E-state index in [1.165, 1.54) is 7.11 Å². The van der Waals surface area contributed by atoms with E-state index in [1.807, 2.05) is 41.1 Å². The molecule has 0 spiro atoms. The summed E-state index contributed by atoms with van der Waals surface area (Å²) in [5.41, 5.74) is 1.85. The number of carbonyl (C=O) groups is 1. The van der Waals surface area contributed by atoms with E-state index in [0.717, 1.165) is 11.1 Å². The van der Waals surface area contributed by atoms with Crippen molar-refractivity contribution in [2.24, 2.45) is 5.90 Å². The number of esters is 1. The molecule has 1 unspecified atom stereocenters. The molecule has 1 aromatic heterocycles. The van der Waals surface area contributed by atoms with Crippen molar-refractivity contribution in [2.75, 3.05) is 7.11 Å². The molecule has 0 radical (unpaired) electrons. The van der Waals surface area contributed by atoms with Crippen molar-refractivity contribution in [1.82, 2.24) is 9.55 Å². The monoisotopic (exact) mass is 287 g/mol. The van der Waals surface area contributed by atoms with Crippen LogP contribution in [0.4, 0.5) is 0 Å². The number of rotatable bonds is 6. The van der Waals surface area contributed by atoms with Gasteiger partial charge in [0.2, 0.25) is 0 Å². The minimum Gasteiger partial charge on any atom is -0.467 e. The molecule has 2 aromatic rings. The molecule has 0 aliphatic heterocycles. The highest BCUT2D eigenvalue weighted by atomic mass is 16.6. The van der Waals surface area contributed by atoms with Gasteiger partial charge in [-0.25, -0.2) is 15.7 Å². The molecule has 0 aliphatic carbocycles. The lowest BCUT2D eigenvalue weighted by molar-refractivity contribution is -0.151. The molecule has 2 rings (SSSR count). The molecule has 6 heteroatoms. The molecule has 1 atom stereocenters. The van der Waals surface area contributed by atoms with Gasteiger partial charge in [0.05, 0.1) is 13.4 Å². The van der Waals surface area contributed by atoms with Gasteiger partial charge in [-0.1, -0.05) is 30.3 Å². The first-order valence-electron chi connectivity index (χ1n) is 6.40. The van der Waals surface area contributed by atoms with Crippen LogP contribution in [0, 0.1) is 0 Å². The number of allylic oxidation sites excluding steroid dienone is 1. The molecule has 0 aliphatic rings. The fourth-order valence-electron chi connectivity index (χ4n) is 1.93. The van der Waals surface area contributed by atoms with Crippen molar-refractivity contribution in [3.05, 3.63) is 60.7 Å². The summed E-state index contributed by atoms with van der Waals surface area (Å²) in [5.74, 6) is 4.64. The predicted molar refractivity (Wildman–Crippen MR) is 77.7 cm³/mol. The number of hydrogen-bond donors (Lipinski definition) is 1. The van der Waals surface area contributed by atoms with Gasteiger partial charge < -0.3 is 9.30 Å². The molecule has 0 saturated heterocycles. The standard InChI is InChI=1S/C15H17N3O3/c1-20-15(19)14(21-16)9-13(10-18-8-7-17-11-18)12-5-3-2-4-6-12/h2-9,11,14H,10,16H2,1H3. The number of carbonyl (C=O) groups excluding carboxylic acids is 1. The molecule has 0 fully saturated rings. The molecule has 1 heterocycles. The lowest BCUT2D eigenvalue weighted by Crippen LogP contribution is -2.27. The molecule has 1 aromatic carbocycles. The van der Waals surface area contributed by atoms with E-state index in [1.54, 1.807) is 18.6 Å². The van der Waals surface area contributed by atoms with E-state index >= 15 is 0 Å². The first-order valence-corrected chi connectivity index (χ1v) is 6.40. The van der Waals surface area contributed by atoms with E-state index in [-0.39, 0.29) is 0 Å². The number of imidazole rings is 1. The third-order valence-corrected chi connectivity index (χ3v) is 2.99. The zero-order chi connectivity index (χ0) is 15.1.